The van der Waals surface area contributed by atoms with E-state index in [-0.39, 0.29) is 16.6 Å². The Bertz CT molecular complexity index is 1610. The summed E-state index contributed by atoms with van der Waals surface area (Å²) < 4.78 is 29.1. The maximum Gasteiger partial charge on any atom is 0.278 e. The van der Waals surface area contributed by atoms with Crippen molar-refractivity contribution < 1.29 is 18.3 Å². The van der Waals surface area contributed by atoms with E-state index >= 15 is 0 Å². The number of nitrogens with one attached hydrogen (secondary N) is 1. The standard InChI is InChI=1S/C28H21N3O4S/c32-24-17-13-21(14-18-24)27-19-26(29-31(27)28(33)22-7-3-1-4-8-22)20-11-15-23(16-12-20)30-36(34,35)25-9-5-2-6-10-25/h1-19,30,32H. The summed E-state index contributed by atoms with van der Waals surface area (Å²) in [6.45, 7) is 0. The molecule has 0 radical (unpaired) electrons. The van der Waals surface area contributed by atoms with Crippen molar-refractivity contribution in [2.45, 2.75) is 4.90 Å². The van der Waals surface area contributed by atoms with E-state index in [4.69, 9.17) is 0 Å². The van der Waals surface area contributed by atoms with Gasteiger partial charge in [0.25, 0.3) is 15.9 Å². The Labute approximate surface area is 208 Å². The van der Waals surface area contributed by atoms with Crippen molar-refractivity contribution >= 4 is 21.6 Å². The molecule has 5 rings (SSSR count). The molecule has 0 fully saturated rings. The van der Waals surface area contributed by atoms with Gasteiger partial charge in [0, 0.05) is 22.4 Å². The van der Waals surface area contributed by atoms with Crippen molar-refractivity contribution in [2.75, 3.05) is 4.72 Å². The summed E-state index contributed by atoms with van der Waals surface area (Å²) in [5.74, 6) is -0.176. The van der Waals surface area contributed by atoms with Crippen LogP contribution in [0.4, 0.5) is 5.69 Å². The lowest BCUT2D eigenvalue weighted by molar-refractivity contribution is 0.0947. The molecular formula is C28H21N3O4S. The van der Waals surface area contributed by atoms with Gasteiger partial charge in [-0.15, -0.1) is 0 Å². The Kier molecular flexibility index (Phi) is 6.10. The average Bonchev–Trinajstić information content (AvgIpc) is 3.35. The number of phenols is 1. The first-order valence-electron chi connectivity index (χ1n) is 11.1. The molecule has 178 valence electrons. The fourth-order valence-corrected chi connectivity index (χ4v) is 4.82. The topological polar surface area (TPSA) is 101 Å². The molecule has 1 aromatic heterocycles. The van der Waals surface area contributed by atoms with Crippen LogP contribution in [0.1, 0.15) is 10.4 Å². The van der Waals surface area contributed by atoms with Gasteiger partial charge >= 0.3 is 0 Å². The van der Waals surface area contributed by atoms with E-state index in [1.807, 2.05) is 6.07 Å². The van der Waals surface area contributed by atoms with E-state index in [1.165, 1.54) is 16.8 Å². The van der Waals surface area contributed by atoms with Gasteiger partial charge < -0.3 is 5.11 Å². The molecule has 4 aromatic carbocycles. The van der Waals surface area contributed by atoms with Crippen LogP contribution in [0.15, 0.2) is 120 Å². The van der Waals surface area contributed by atoms with Crippen LogP contribution in [-0.2, 0) is 10.0 Å². The minimum absolute atomic E-state index is 0.118. The number of phenolic OH excluding ortho intramolecular Hbond substituents is 1. The Morgan fingerprint density at radius 2 is 1.33 bits per heavy atom. The molecule has 8 heteroatoms. The van der Waals surface area contributed by atoms with Crippen molar-refractivity contribution in [1.29, 1.82) is 0 Å². The Morgan fingerprint density at radius 3 is 1.97 bits per heavy atom. The van der Waals surface area contributed by atoms with E-state index in [9.17, 15) is 18.3 Å². The number of benzene rings is 4. The monoisotopic (exact) mass is 495 g/mol. The molecule has 0 saturated heterocycles. The van der Waals surface area contributed by atoms with Crippen molar-refractivity contribution in [3.8, 4) is 28.3 Å². The molecule has 2 N–H and O–H groups in total. The van der Waals surface area contributed by atoms with Gasteiger partial charge in [0.05, 0.1) is 16.3 Å². The molecule has 0 bridgehead atoms. The second kappa shape index (κ2) is 9.52. The Morgan fingerprint density at radius 1 is 0.750 bits per heavy atom. The predicted molar refractivity (Wildman–Crippen MR) is 138 cm³/mol. The molecule has 0 aliphatic rings. The molecule has 0 unspecified atom stereocenters. The van der Waals surface area contributed by atoms with Gasteiger partial charge in [-0.05, 0) is 66.7 Å². The third kappa shape index (κ3) is 4.75. The van der Waals surface area contributed by atoms with Crippen LogP contribution in [0, 0.1) is 0 Å². The molecule has 0 spiro atoms. The van der Waals surface area contributed by atoms with Crippen LogP contribution in [0.2, 0.25) is 0 Å². The first kappa shape index (κ1) is 23.1. The van der Waals surface area contributed by atoms with Gasteiger partial charge in [-0.1, -0.05) is 48.5 Å². The maximum atomic E-state index is 13.3. The third-order valence-corrected chi connectivity index (χ3v) is 6.97. The molecular weight excluding hydrogens is 474 g/mol. The quantitative estimate of drug-likeness (QED) is 0.328. The molecule has 1 heterocycles. The highest BCUT2D eigenvalue weighted by molar-refractivity contribution is 7.92. The average molecular weight is 496 g/mol. The summed E-state index contributed by atoms with van der Waals surface area (Å²) in [6, 6.07) is 32.1. The SMILES string of the molecule is O=C(c1ccccc1)n1nc(-c2ccc(NS(=O)(=O)c3ccccc3)cc2)cc1-c1ccc(O)cc1. The number of hydrogen-bond donors (Lipinski definition) is 2. The fraction of sp³-hybridized carbons (Fsp3) is 0. The van der Waals surface area contributed by atoms with Crippen molar-refractivity contribution in [3.05, 3.63) is 121 Å². The highest BCUT2D eigenvalue weighted by Crippen LogP contribution is 2.29. The predicted octanol–water partition coefficient (Wildman–Crippen LogP) is 5.41. The van der Waals surface area contributed by atoms with E-state index < -0.39 is 10.0 Å². The number of aromatic hydroxyl groups is 1. The normalized spacial score (nSPS) is 11.2. The number of nitrogens with zero attached hydrogens (tertiary/aromatic N) is 2. The highest BCUT2D eigenvalue weighted by atomic mass is 32.2. The summed E-state index contributed by atoms with van der Waals surface area (Å²) in [6.07, 6.45) is 0. The number of anilines is 1. The van der Waals surface area contributed by atoms with E-state index in [1.54, 1.807) is 97.1 Å². The molecule has 0 aliphatic heterocycles. The van der Waals surface area contributed by atoms with Gasteiger partial charge in [-0.25, -0.2) is 8.42 Å². The second-order valence-electron chi connectivity index (χ2n) is 8.04. The molecule has 0 atom stereocenters. The molecule has 0 aliphatic carbocycles. The number of hydrogen-bond acceptors (Lipinski definition) is 5. The van der Waals surface area contributed by atoms with Crippen molar-refractivity contribution in [3.63, 3.8) is 0 Å². The zero-order valence-corrected chi connectivity index (χ0v) is 19.8. The minimum atomic E-state index is -3.71. The summed E-state index contributed by atoms with van der Waals surface area (Å²) in [5.41, 5.74) is 3.41. The Balaban J connectivity index is 1.49. The highest BCUT2D eigenvalue weighted by Gasteiger charge is 2.19. The maximum absolute atomic E-state index is 13.3. The Hall–Kier alpha value is -4.69. The molecule has 7 nitrogen and oxygen atoms in total. The van der Waals surface area contributed by atoms with Gasteiger partial charge in [-0.3, -0.25) is 9.52 Å². The number of carbonyl (C=O) groups is 1. The van der Waals surface area contributed by atoms with E-state index in [0.29, 0.717) is 33.8 Å². The third-order valence-electron chi connectivity index (χ3n) is 5.57. The smallest absolute Gasteiger partial charge is 0.278 e. The lowest BCUT2D eigenvalue weighted by Crippen LogP contribution is -2.15. The van der Waals surface area contributed by atoms with Crippen LogP contribution >= 0.6 is 0 Å². The first-order chi connectivity index (χ1) is 17.4. The van der Waals surface area contributed by atoms with Crippen LogP contribution in [-0.4, -0.2) is 29.2 Å². The van der Waals surface area contributed by atoms with Gasteiger partial charge in [0.15, 0.2) is 0 Å². The number of sulfonamides is 1. The van der Waals surface area contributed by atoms with Crippen LogP contribution in [0.3, 0.4) is 0 Å². The van der Waals surface area contributed by atoms with Crippen LogP contribution in [0.5, 0.6) is 5.75 Å². The summed E-state index contributed by atoms with van der Waals surface area (Å²) in [5, 5.41) is 14.3. The zero-order chi connectivity index (χ0) is 25.1. The first-order valence-corrected chi connectivity index (χ1v) is 12.6. The van der Waals surface area contributed by atoms with Crippen LogP contribution < -0.4 is 4.72 Å². The minimum Gasteiger partial charge on any atom is -0.508 e. The largest absolute Gasteiger partial charge is 0.508 e. The molecule has 5 aromatic rings. The molecule has 0 amide bonds. The second-order valence-corrected chi connectivity index (χ2v) is 9.72. The number of aromatic nitrogens is 2. The van der Waals surface area contributed by atoms with Gasteiger partial charge in [0.2, 0.25) is 0 Å². The fourth-order valence-electron chi connectivity index (χ4n) is 3.74. The number of rotatable bonds is 6. The van der Waals surface area contributed by atoms with Crippen molar-refractivity contribution in [2.24, 2.45) is 0 Å². The molecule has 0 saturated carbocycles. The summed E-state index contributed by atoms with van der Waals surface area (Å²) >= 11 is 0. The van der Waals surface area contributed by atoms with E-state index in [2.05, 4.69) is 9.82 Å². The zero-order valence-electron chi connectivity index (χ0n) is 18.9. The lowest BCUT2D eigenvalue weighted by atomic mass is 10.1. The van der Waals surface area contributed by atoms with Gasteiger partial charge in [0.1, 0.15) is 5.75 Å². The van der Waals surface area contributed by atoms with Crippen LogP contribution in [0.25, 0.3) is 22.5 Å². The lowest BCUT2D eigenvalue weighted by Gasteiger charge is -2.08. The van der Waals surface area contributed by atoms with Gasteiger partial charge in [-0.2, -0.15) is 9.78 Å². The van der Waals surface area contributed by atoms with E-state index in [0.717, 1.165) is 0 Å². The van der Waals surface area contributed by atoms with Crippen molar-refractivity contribution in [1.82, 2.24) is 9.78 Å². The number of carbonyl (C=O) groups excluding carboxylic acids is 1. The summed E-state index contributed by atoms with van der Waals surface area (Å²) in [7, 11) is -3.71. The molecule has 36 heavy (non-hydrogen) atoms. The summed E-state index contributed by atoms with van der Waals surface area (Å²) in [4.78, 5) is 13.4.